The van der Waals surface area contributed by atoms with E-state index in [-0.39, 0.29) is 26.7 Å². The monoisotopic (exact) mass is 416 g/mol. The molecule has 144 valence electrons. The molecular weight excluding hydrogens is 400 g/mol. The first kappa shape index (κ1) is 19.6. The van der Waals surface area contributed by atoms with E-state index < -0.39 is 21.9 Å². The standard InChI is InChI=1S/C19H16N2O5S2/c1-12-14(11-17(27-12)19(23)24)18(22)20-15-9-5-6-10-16(15)21-28(25,26)13-7-3-2-4-8-13/h2-11,21H,1H3,(H,20,22)(H,23,24). The Morgan fingerprint density at radius 3 is 2.18 bits per heavy atom. The van der Waals surface area contributed by atoms with Crippen LogP contribution in [-0.4, -0.2) is 25.4 Å². The maximum Gasteiger partial charge on any atom is 0.345 e. The van der Waals surface area contributed by atoms with Crippen molar-refractivity contribution in [1.29, 1.82) is 0 Å². The van der Waals surface area contributed by atoms with Gasteiger partial charge in [0.05, 0.1) is 21.8 Å². The molecule has 7 nitrogen and oxygen atoms in total. The molecule has 0 atom stereocenters. The second-order valence-corrected chi connectivity index (χ2v) is 8.74. The lowest BCUT2D eigenvalue weighted by atomic mass is 10.2. The minimum Gasteiger partial charge on any atom is -0.477 e. The molecule has 0 saturated carbocycles. The van der Waals surface area contributed by atoms with Crippen molar-refractivity contribution in [2.45, 2.75) is 11.8 Å². The molecule has 0 saturated heterocycles. The third kappa shape index (κ3) is 4.21. The highest BCUT2D eigenvalue weighted by molar-refractivity contribution is 7.92. The molecular formula is C19H16N2O5S2. The van der Waals surface area contributed by atoms with Crippen LogP contribution in [0, 0.1) is 6.92 Å². The highest BCUT2D eigenvalue weighted by Crippen LogP contribution is 2.27. The van der Waals surface area contributed by atoms with E-state index in [0.717, 1.165) is 11.3 Å². The molecule has 1 heterocycles. The molecule has 3 N–H and O–H groups in total. The summed E-state index contributed by atoms with van der Waals surface area (Å²) < 4.78 is 27.6. The number of thiophene rings is 1. The molecule has 1 aromatic heterocycles. The number of hydrogen-bond acceptors (Lipinski definition) is 5. The summed E-state index contributed by atoms with van der Waals surface area (Å²) in [4.78, 5) is 24.4. The van der Waals surface area contributed by atoms with Crippen LogP contribution in [-0.2, 0) is 10.0 Å². The number of sulfonamides is 1. The molecule has 0 aliphatic rings. The van der Waals surface area contributed by atoms with Crippen LogP contribution in [0.1, 0.15) is 24.9 Å². The Labute approximate surface area is 165 Å². The minimum absolute atomic E-state index is 0.0562. The van der Waals surface area contributed by atoms with Gasteiger partial charge in [0.2, 0.25) is 0 Å². The fraction of sp³-hybridized carbons (Fsp3) is 0.0526. The van der Waals surface area contributed by atoms with Crippen LogP contribution in [0.15, 0.2) is 65.6 Å². The fourth-order valence-electron chi connectivity index (χ4n) is 2.49. The van der Waals surface area contributed by atoms with Crippen molar-refractivity contribution in [3.05, 3.63) is 76.0 Å². The normalized spacial score (nSPS) is 11.0. The maximum atomic E-state index is 12.6. The van der Waals surface area contributed by atoms with Crippen molar-refractivity contribution in [3.63, 3.8) is 0 Å². The van der Waals surface area contributed by atoms with Gasteiger partial charge < -0.3 is 10.4 Å². The van der Waals surface area contributed by atoms with Crippen molar-refractivity contribution in [3.8, 4) is 0 Å². The Morgan fingerprint density at radius 1 is 0.964 bits per heavy atom. The van der Waals surface area contributed by atoms with E-state index in [9.17, 15) is 18.0 Å². The molecule has 0 radical (unpaired) electrons. The molecule has 3 rings (SSSR count). The van der Waals surface area contributed by atoms with Crippen molar-refractivity contribution < 1.29 is 23.1 Å². The van der Waals surface area contributed by atoms with Crippen LogP contribution in [0.2, 0.25) is 0 Å². The fourth-order valence-corrected chi connectivity index (χ4v) is 4.44. The number of benzene rings is 2. The quantitative estimate of drug-likeness (QED) is 0.566. The molecule has 3 aromatic rings. The van der Waals surface area contributed by atoms with E-state index >= 15 is 0 Å². The topological polar surface area (TPSA) is 113 Å². The van der Waals surface area contributed by atoms with Gasteiger partial charge >= 0.3 is 5.97 Å². The van der Waals surface area contributed by atoms with Crippen molar-refractivity contribution >= 4 is 44.6 Å². The van der Waals surface area contributed by atoms with Gasteiger partial charge in [0.1, 0.15) is 4.88 Å². The van der Waals surface area contributed by atoms with Crippen LogP contribution < -0.4 is 10.0 Å². The zero-order chi connectivity index (χ0) is 20.3. The summed E-state index contributed by atoms with van der Waals surface area (Å²) in [5, 5.41) is 11.7. The van der Waals surface area contributed by atoms with Crippen molar-refractivity contribution in [2.24, 2.45) is 0 Å². The molecule has 28 heavy (non-hydrogen) atoms. The highest BCUT2D eigenvalue weighted by Gasteiger charge is 2.19. The van der Waals surface area contributed by atoms with Gasteiger partial charge in [0, 0.05) is 4.88 Å². The number of nitrogens with one attached hydrogen (secondary N) is 2. The van der Waals surface area contributed by atoms with Gasteiger partial charge in [0.25, 0.3) is 15.9 Å². The molecule has 0 aliphatic carbocycles. The van der Waals surface area contributed by atoms with E-state index in [2.05, 4.69) is 10.0 Å². The number of anilines is 2. The number of rotatable bonds is 6. The van der Waals surface area contributed by atoms with Gasteiger partial charge in [-0.1, -0.05) is 30.3 Å². The number of amides is 1. The van der Waals surface area contributed by atoms with Gasteiger partial charge in [-0.2, -0.15) is 0 Å². The predicted molar refractivity (Wildman–Crippen MR) is 108 cm³/mol. The minimum atomic E-state index is -3.83. The average molecular weight is 416 g/mol. The summed E-state index contributed by atoms with van der Waals surface area (Å²) in [5.41, 5.74) is 0.684. The van der Waals surface area contributed by atoms with Gasteiger partial charge in [-0.05, 0) is 37.3 Å². The lowest BCUT2D eigenvalue weighted by molar-refractivity contribution is 0.0702. The molecule has 9 heteroatoms. The summed E-state index contributed by atoms with van der Waals surface area (Å²) in [7, 11) is -3.83. The lowest BCUT2D eigenvalue weighted by Crippen LogP contribution is -2.17. The molecule has 0 aliphatic heterocycles. The molecule has 0 spiro atoms. The van der Waals surface area contributed by atoms with Gasteiger partial charge in [0.15, 0.2) is 0 Å². The first-order valence-electron chi connectivity index (χ1n) is 8.10. The first-order chi connectivity index (χ1) is 13.3. The lowest BCUT2D eigenvalue weighted by Gasteiger charge is -2.13. The first-order valence-corrected chi connectivity index (χ1v) is 10.4. The smallest absolute Gasteiger partial charge is 0.345 e. The van der Waals surface area contributed by atoms with Crippen molar-refractivity contribution in [2.75, 3.05) is 10.0 Å². The predicted octanol–water partition coefficient (Wildman–Crippen LogP) is 3.81. The molecule has 0 bridgehead atoms. The van der Waals surface area contributed by atoms with Crippen LogP contribution in [0.25, 0.3) is 0 Å². The van der Waals surface area contributed by atoms with Crippen LogP contribution in [0.5, 0.6) is 0 Å². The van der Waals surface area contributed by atoms with Gasteiger partial charge in [-0.25, -0.2) is 13.2 Å². The Bertz CT molecular complexity index is 1140. The average Bonchev–Trinajstić information content (AvgIpc) is 3.06. The van der Waals surface area contributed by atoms with Crippen LogP contribution in [0.4, 0.5) is 11.4 Å². The summed E-state index contributed by atoms with van der Waals surface area (Å²) in [6, 6.07) is 15.5. The molecule has 0 fully saturated rings. The van der Waals surface area contributed by atoms with Crippen molar-refractivity contribution in [1.82, 2.24) is 0 Å². The number of carbonyl (C=O) groups is 2. The zero-order valence-corrected chi connectivity index (χ0v) is 16.3. The van der Waals surface area contributed by atoms with E-state index in [4.69, 9.17) is 5.11 Å². The largest absolute Gasteiger partial charge is 0.477 e. The number of para-hydroxylation sites is 2. The Morgan fingerprint density at radius 2 is 1.57 bits per heavy atom. The number of carbonyl (C=O) groups excluding carboxylic acids is 1. The third-order valence-electron chi connectivity index (χ3n) is 3.85. The summed E-state index contributed by atoms with van der Waals surface area (Å²) >= 11 is 1.00. The summed E-state index contributed by atoms with van der Waals surface area (Å²) in [6.07, 6.45) is 0. The molecule has 0 unspecified atom stereocenters. The second kappa shape index (κ2) is 7.83. The van der Waals surface area contributed by atoms with E-state index in [1.54, 1.807) is 43.3 Å². The zero-order valence-electron chi connectivity index (χ0n) is 14.7. The Kier molecular flexibility index (Phi) is 5.48. The number of carboxylic acids is 1. The summed E-state index contributed by atoms with van der Waals surface area (Å²) in [5.74, 6) is -1.63. The van der Waals surface area contributed by atoms with Crippen LogP contribution >= 0.6 is 11.3 Å². The summed E-state index contributed by atoms with van der Waals surface area (Å²) in [6.45, 7) is 1.65. The highest BCUT2D eigenvalue weighted by atomic mass is 32.2. The number of hydrogen-bond donors (Lipinski definition) is 3. The number of aromatic carboxylic acids is 1. The second-order valence-electron chi connectivity index (χ2n) is 5.80. The van der Waals surface area contributed by atoms with E-state index in [1.165, 1.54) is 24.3 Å². The maximum absolute atomic E-state index is 12.6. The Balaban J connectivity index is 1.87. The molecule has 2 aromatic carbocycles. The number of aryl methyl sites for hydroxylation is 1. The SMILES string of the molecule is Cc1sc(C(=O)O)cc1C(=O)Nc1ccccc1NS(=O)(=O)c1ccccc1. The van der Waals surface area contributed by atoms with E-state index in [1.807, 2.05) is 0 Å². The van der Waals surface area contributed by atoms with Crippen LogP contribution in [0.3, 0.4) is 0 Å². The molecule has 1 amide bonds. The van der Waals surface area contributed by atoms with E-state index in [0.29, 0.717) is 4.88 Å². The third-order valence-corrected chi connectivity index (χ3v) is 6.27. The van der Waals surface area contributed by atoms with Gasteiger partial charge in [-0.15, -0.1) is 11.3 Å². The number of carboxylic acid groups (broad SMARTS) is 1. The Hall–Kier alpha value is -3.17. The van der Waals surface area contributed by atoms with Gasteiger partial charge in [-0.3, -0.25) is 9.52 Å².